The van der Waals surface area contributed by atoms with Crippen LogP contribution in [0.15, 0.2) is 30.6 Å². The molecular formula is C18H25Cl2N5O2. The number of carbonyl (C=O) groups is 1. The van der Waals surface area contributed by atoms with Crippen LogP contribution in [0, 0.1) is 0 Å². The molecule has 2 aliphatic heterocycles. The number of nitrogens with zero attached hydrogens (tertiary/aromatic N) is 4. The van der Waals surface area contributed by atoms with Gasteiger partial charge in [-0.2, -0.15) is 0 Å². The molecule has 2 aliphatic rings. The van der Waals surface area contributed by atoms with E-state index in [0.29, 0.717) is 13.0 Å². The number of fused-ring (bicyclic) bond motifs is 1. The average Bonchev–Trinajstić information content (AvgIpc) is 2.68. The van der Waals surface area contributed by atoms with Gasteiger partial charge in [-0.25, -0.2) is 9.97 Å². The van der Waals surface area contributed by atoms with Gasteiger partial charge >= 0.3 is 0 Å². The molecule has 7 nitrogen and oxygen atoms in total. The van der Waals surface area contributed by atoms with Crippen LogP contribution in [0.4, 0.5) is 5.82 Å². The van der Waals surface area contributed by atoms with Gasteiger partial charge in [0.2, 0.25) is 5.91 Å². The molecule has 2 aromatic rings. The number of piperazine rings is 1. The van der Waals surface area contributed by atoms with Crippen LogP contribution < -0.4 is 10.2 Å². The Hall–Kier alpha value is -1.67. The molecular weight excluding hydrogens is 389 g/mol. The summed E-state index contributed by atoms with van der Waals surface area (Å²) in [6.45, 7) is 5.34. The first-order valence-corrected chi connectivity index (χ1v) is 8.86. The van der Waals surface area contributed by atoms with Crippen molar-refractivity contribution in [2.75, 3.05) is 50.8 Å². The lowest BCUT2D eigenvalue weighted by atomic mass is 10.1. The molecule has 1 atom stereocenters. The fourth-order valence-corrected chi connectivity index (χ4v) is 3.48. The molecule has 1 unspecified atom stereocenters. The molecule has 0 aliphatic carbocycles. The van der Waals surface area contributed by atoms with Crippen molar-refractivity contribution in [3.05, 3.63) is 30.6 Å². The van der Waals surface area contributed by atoms with Crippen LogP contribution >= 0.6 is 24.8 Å². The van der Waals surface area contributed by atoms with E-state index in [9.17, 15) is 4.79 Å². The van der Waals surface area contributed by atoms with E-state index >= 15 is 0 Å². The molecule has 1 amide bonds. The Bertz CT molecular complexity index is 744. The molecule has 0 saturated carbocycles. The third-order valence-corrected chi connectivity index (χ3v) is 4.86. The summed E-state index contributed by atoms with van der Waals surface area (Å²) in [6, 6.07) is 8.04. The summed E-state index contributed by atoms with van der Waals surface area (Å²) in [5.74, 6) is 1.14. The second kappa shape index (κ2) is 10.0. The van der Waals surface area contributed by atoms with Crippen molar-refractivity contribution in [1.29, 1.82) is 0 Å². The van der Waals surface area contributed by atoms with E-state index in [1.165, 1.54) is 0 Å². The summed E-state index contributed by atoms with van der Waals surface area (Å²) < 4.78 is 5.64. The molecule has 1 aromatic carbocycles. The highest BCUT2D eigenvalue weighted by atomic mass is 35.5. The van der Waals surface area contributed by atoms with Crippen molar-refractivity contribution in [2.45, 2.75) is 12.5 Å². The predicted molar refractivity (Wildman–Crippen MR) is 110 cm³/mol. The van der Waals surface area contributed by atoms with Crippen LogP contribution in [0.1, 0.15) is 6.42 Å². The minimum atomic E-state index is 0. The van der Waals surface area contributed by atoms with Crippen LogP contribution in [-0.2, 0) is 9.53 Å². The Labute approximate surface area is 171 Å². The van der Waals surface area contributed by atoms with Gasteiger partial charge in [-0.3, -0.25) is 4.79 Å². The SMILES string of the molecule is Cl.Cl.O=C(CC1CNCCO1)N1CCN(c2ncnc3ccccc23)CC1. The molecule has 4 rings (SSSR count). The number of aromatic nitrogens is 2. The number of anilines is 1. The second-order valence-corrected chi connectivity index (χ2v) is 6.48. The number of nitrogens with one attached hydrogen (secondary N) is 1. The quantitative estimate of drug-likeness (QED) is 0.821. The number of benzene rings is 1. The highest BCUT2D eigenvalue weighted by Gasteiger charge is 2.26. The Morgan fingerprint density at radius 3 is 2.67 bits per heavy atom. The van der Waals surface area contributed by atoms with Gasteiger partial charge in [0.1, 0.15) is 12.1 Å². The summed E-state index contributed by atoms with van der Waals surface area (Å²) in [5, 5.41) is 4.33. The number of halogens is 2. The topological polar surface area (TPSA) is 70.6 Å². The van der Waals surface area contributed by atoms with Gasteiger partial charge in [-0.1, -0.05) is 12.1 Å². The molecule has 3 heterocycles. The van der Waals surface area contributed by atoms with E-state index in [0.717, 1.165) is 56.0 Å². The smallest absolute Gasteiger partial charge is 0.225 e. The van der Waals surface area contributed by atoms with E-state index < -0.39 is 0 Å². The first-order chi connectivity index (χ1) is 12.3. The molecule has 9 heteroatoms. The summed E-state index contributed by atoms with van der Waals surface area (Å²) in [5.41, 5.74) is 0.952. The average molecular weight is 414 g/mol. The molecule has 27 heavy (non-hydrogen) atoms. The number of hydrogen-bond donors (Lipinski definition) is 1. The Morgan fingerprint density at radius 1 is 1.15 bits per heavy atom. The molecule has 0 bridgehead atoms. The standard InChI is InChI=1S/C18H23N5O2.2ClH/c24-17(11-14-12-19-5-10-25-14)22-6-8-23(9-7-22)18-15-3-1-2-4-16(15)20-13-21-18;;/h1-4,13-14,19H,5-12H2;2*1H. The van der Waals surface area contributed by atoms with Gasteiger partial charge in [0.15, 0.2) is 0 Å². The monoisotopic (exact) mass is 413 g/mol. The Kier molecular flexibility index (Phi) is 8.04. The van der Waals surface area contributed by atoms with Crippen molar-refractivity contribution in [1.82, 2.24) is 20.2 Å². The van der Waals surface area contributed by atoms with E-state index in [-0.39, 0.29) is 36.8 Å². The minimum Gasteiger partial charge on any atom is -0.375 e. The number of carbonyl (C=O) groups excluding carboxylic acids is 1. The van der Waals surface area contributed by atoms with E-state index in [1.807, 2.05) is 23.1 Å². The largest absolute Gasteiger partial charge is 0.375 e. The van der Waals surface area contributed by atoms with Gasteiger partial charge in [-0.05, 0) is 12.1 Å². The molecule has 2 saturated heterocycles. The second-order valence-electron chi connectivity index (χ2n) is 6.48. The Balaban J connectivity index is 0.00000131. The number of morpholine rings is 1. The normalized spacial score (nSPS) is 19.9. The van der Waals surface area contributed by atoms with E-state index in [1.54, 1.807) is 6.33 Å². The lowest BCUT2D eigenvalue weighted by molar-refractivity contribution is -0.135. The third kappa shape index (κ3) is 4.99. The van der Waals surface area contributed by atoms with Crippen molar-refractivity contribution < 1.29 is 9.53 Å². The molecule has 0 spiro atoms. The zero-order chi connectivity index (χ0) is 17.1. The predicted octanol–water partition coefficient (Wildman–Crippen LogP) is 1.50. The van der Waals surface area contributed by atoms with Crippen LogP contribution in [-0.4, -0.2) is 72.8 Å². The van der Waals surface area contributed by atoms with Crippen LogP contribution in [0.2, 0.25) is 0 Å². The number of para-hydroxylation sites is 1. The summed E-state index contributed by atoms with van der Waals surface area (Å²) >= 11 is 0. The fraction of sp³-hybridized carbons (Fsp3) is 0.500. The highest BCUT2D eigenvalue weighted by molar-refractivity contribution is 5.89. The maximum Gasteiger partial charge on any atom is 0.225 e. The van der Waals surface area contributed by atoms with E-state index in [2.05, 4.69) is 26.3 Å². The number of ether oxygens (including phenoxy) is 1. The molecule has 2 fully saturated rings. The highest BCUT2D eigenvalue weighted by Crippen LogP contribution is 2.23. The van der Waals surface area contributed by atoms with E-state index in [4.69, 9.17) is 4.74 Å². The number of hydrogen-bond acceptors (Lipinski definition) is 6. The lowest BCUT2D eigenvalue weighted by Crippen LogP contribution is -2.50. The van der Waals surface area contributed by atoms with Gasteiger partial charge in [0.25, 0.3) is 0 Å². The minimum absolute atomic E-state index is 0. The zero-order valence-electron chi connectivity index (χ0n) is 15.0. The van der Waals surface area contributed by atoms with Gasteiger partial charge in [0, 0.05) is 44.7 Å². The molecule has 148 valence electrons. The van der Waals surface area contributed by atoms with Gasteiger partial charge < -0.3 is 19.9 Å². The fourth-order valence-electron chi connectivity index (χ4n) is 3.48. The van der Waals surface area contributed by atoms with Crippen LogP contribution in [0.3, 0.4) is 0 Å². The van der Waals surface area contributed by atoms with Crippen molar-refractivity contribution in [2.24, 2.45) is 0 Å². The van der Waals surface area contributed by atoms with Crippen LogP contribution in [0.5, 0.6) is 0 Å². The zero-order valence-corrected chi connectivity index (χ0v) is 16.7. The summed E-state index contributed by atoms with van der Waals surface area (Å²) in [7, 11) is 0. The summed E-state index contributed by atoms with van der Waals surface area (Å²) in [6.07, 6.45) is 2.08. The summed E-state index contributed by atoms with van der Waals surface area (Å²) in [4.78, 5) is 25.5. The van der Waals surface area contributed by atoms with Crippen molar-refractivity contribution in [3.63, 3.8) is 0 Å². The lowest BCUT2D eigenvalue weighted by Gasteiger charge is -2.36. The first kappa shape index (κ1) is 21.6. The van der Waals surface area contributed by atoms with Gasteiger partial charge in [0.05, 0.1) is 24.6 Å². The third-order valence-electron chi connectivity index (χ3n) is 4.86. The number of amides is 1. The molecule has 1 aromatic heterocycles. The molecule has 0 radical (unpaired) electrons. The van der Waals surface area contributed by atoms with Gasteiger partial charge in [-0.15, -0.1) is 24.8 Å². The van der Waals surface area contributed by atoms with Crippen molar-refractivity contribution in [3.8, 4) is 0 Å². The maximum absolute atomic E-state index is 12.5. The maximum atomic E-state index is 12.5. The van der Waals surface area contributed by atoms with Crippen molar-refractivity contribution >= 4 is 47.4 Å². The molecule has 1 N–H and O–H groups in total. The first-order valence-electron chi connectivity index (χ1n) is 8.86. The number of rotatable bonds is 3. The van der Waals surface area contributed by atoms with Crippen LogP contribution in [0.25, 0.3) is 10.9 Å². The Morgan fingerprint density at radius 2 is 1.93 bits per heavy atom.